The zero-order valence-corrected chi connectivity index (χ0v) is 18.1. The molecule has 0 saturated heterocycles. The zero-order chi connectivity index (χ0) is 23.7. The number of aryl methyl sites for hydroxylation is 1. The van der Waals surface area contributed by atoms with Gasteiger partial charge in [0.25, 0.3) is 0 Å². The van der Waals surface area contributed by atoms with Gasteiger partial charge in [-0.3, -0.25) is 4.90 Å². The van der Waals surface area contributed by atoms with Crippen LogP contribution < -0.4 is 5.14 Å². The van der Waals surface area contributed by atoms with Crippen molar-refractivity contribution in [3.8, 4) is 5.69 Å². The number of hydrogen-bond acceptors (Lipinski definition) is 5. The molecule has 1 aromatic heterocycles. The topological polar surface area (TPSA) is 94.1 Å². The quantitative estimate of drug-likeness (QED) is 0.535. The van der Waals surface area contributed by atoms with Gasteiger partial charge in [-0.05, 0) is 37.7 Å². The van der Waals surface area contributed by atoms with Crippen LogP contribution in [0.25, 0.3) is 5.69 Å². The average molecular weight is 471 g/mol. The molecule has 12 heteroatoms. The first-order valence-corrected chi connectivity index (χ1v) is 10.9. The second kappa shape index (κ2) is 8.96. The van der Waals surface area contributed by atoms with E-state index in [1.54, 1.807) is 0 Å². The summed E-state index contributed by atoms with van der Waals surface area (Å²) in [5.41, 5.74) is 1.73. The van der Waals surface area contributed by atoms with Gasteiger partial charge in [0.2, 0.25) is 10.0 Å². The van der Waals surface area contributed by atoms with E-state index >= 15 is 0 Å². The number of primary sulfonamides is 1. The lowest BCUT2D eigenvalue weighted by atomic mass is 10.1. The highest BCUT2D eigenvalue weighted by Crippen LogP contribution is 2.21. The monoisotopic (exact) mass is 471 g/mol. The van der Waals surface area contributed by atoms with Crippen molar-refractivity contribution >= 4 is 10.0 Å². The molecule has 0 aliphatic carbocycles. The van der Waals surface area contributed by atoms with Crippen molar-refractivity contribution < 1.29 is 26.0 Å². The number of benzene rings is 2. The fourth-order valence-corrected chi connectivity index (χ4v) is 3.74. The third-order valence-electron chi connectivity index (χ3n) is 4.50. The van der Waals surface area contributed by atoms with Crippen LogP contribution in [0.5, 0.6) is 0 Å². The van der Waals surface area contributed by atoms with E-state index < -0.39 is 33.5 Å². The molecule has 0 bridgehead atoms. The molecule has 7 nitrogen and oxygen atoms in total. The number of halogens is 4. The zero-order valence-electron chi connectivity index (χ0n) is 17.3. The van der Waals surface area contributed by atoms with E-state index in [-0.39, 0.29) is 30.3 Å². The van der Waals surface area contributed by atoms with Crippen LogP contribution in [-0.2, 0) is 23.0 Å². The van der Waals surface area contributed by atoms with Crippen LogP contribution in [0.3, 0.4) is 0 Å². The minimum absolute atomic E-state index is 0.0642. The number of nitrogens with zero attached hydrogens (tertiary/aromatic N) is 4. The van der Waals surface area contributed by atoms with Crippen molar-refractivity contribution in [2.24, 2.45) is 5.14 Å². The second-order valence-corrected chi connectivity index (χ2v) is 9.03. The van der Waals surface area contributed by atoms with Gasteiger partial charge in [0.1, 0.15) is 17.3 Å². The van der Waals surface area contributed by atoms with E-state index in [0.29, 0.717) is 0 Å². The first-order valence-electron chi connectivity index (χ1n) is 9.40. The minimum atomic E-state index is -4.39. The molecular formula is C20H21F4N5O2S. The van der Waals surface area contributed by atoms with Crippen molar-refractivity contribution in [3.05, 3.63) is 71.1 Å². The summed E-state index contributed by atoms with van der Waals surface area (Å²) in [5.74, 6) is -0.565. The molecule has 0 atom stereocenters. The van der Waals surface area contributed by atoms with Crippen molar-refractivity contribution in [2.75, 3.05) is 13.6 Å². The molecular weight excluding hydrogens is 450 g/mol. The van der Waals surface area contributed by atoms with Gasteiger partial charge < -0.3 is 0 Å². The third-order valence-corrected chi connectivity index (χ3v) is 5.41. The Labute approximate surface area is 182 Å². The molecule has 0 unspecified atom stereocenters. The molecule has 32 heavy (non-hydrogen) atoms. The minimum Gasteiger partial charge on any atom is -0.291 e. The number of sulfonamides is 1. The molecule has 2 aromatic carbocycles. The smallest absolute Gasteiger partial charge is 0.291 e. The van der Waals surface area contributed by atoms with Gasteiger partial charge in [0.05, 0.1) is 18.0 Å². The van der Waals surface area contributed by atoms with Crippen molar-refractivity contribution in [3.63, 3.8) is 0 Å². The maximum Gasteiger partial charge on any atom is 0.401 e. The predicted octanol–water partition coefficient (Wildman–Crippen LogP) is 2.95. The molecule has 0 amide bonds. The Balaban J connectivity index is 2.02. The second-order valence-electron chi connectivity index (χ2n) is 7.47. The van der Waals surface area contributed by atoms with Crippen LogP contribution in [0.4, 0.5) is 17.6 Å². The Kier molecular flexibility index (Phi) is 6.67. The van der Waals surface area contributed by atoms with E-state index in [2.05, 4.69) is 10.1 Å². The SMILES string of the molecule is Cc1cccc(Cc2nc(CN(C)CC(F)(F)F)nn2-c2ccc(S(N)(=O)=O)cc2F)c1. The molecule has 0 aliphatic rings. The van der Waals surface area contributed by atoms with Gasteiger partial charge in [0, 0.05) is 6.42 Å². The van der Waals surface area contributed by atoms with Gasteiger partial charge in [-0.15, -0.1) is 5.10 Å². The third kappa shape index (κ3) is 6.11. The summed E-state index contributed by atoms with van der Waals surface area (Å²) < 4.78 is 76.9. The first-order chi connectivity index (χ1) is 14.8. The van der Waals surface area contributed by atoms with Gasteiger partial charge in [-0.2, -0.15) is 13.2 Å². The van der Waals surface area contributed by atoms with Crippen LogP contribution in [-0.4, -0.2) is 47.9 Å². The molecule has 0 radical (unpaired) electrons. The first kappa shape index (κ1) is 23.8. The molecule has 3 aromatic rings. The van der Waals surface area contributed by atoms with Crippen molar-refractivity contribution in [2.45, 2.75) is 31.0 Å². The highest BCUT2D eigenvalue weighted by molar-refractivity contribution is 7.89. The predicted molar refractivity (Wildman–Crippen MR) is 109 cm³/mol. The van der Waals surface area contributed by atoms with Crippen LogP contribution in [0.15, 0.2) is 47.4 Å². The van der Waals surface area contributed by atoms with Gasteiger partial charge in [0.15, 0.2) is 5.82 Å². The molecule has 3 rings (SSSR count). The van der Waals surface area contributed by atoms with E-state index in [1.807, 2.05) is 31.2 Å². The maximum absolute atomic E-state index is 14.8. The fraction of sp³-hybridized carbons (Fsp3) is 0.300. The van der Waals surface area contributed by atoms with Crippen LogP contribution in [0.1, 0.15) is 22.8 Å². The van der Waals surface area contributed by atoms with E-state index in [9.17, 15) is 26.0 Å². The lowest BCUT2D eigenvalue weighted by Crippen LogP contribution is -2.30. The summed E-state index contributed by atoms with van der Waals surface area (Å²) in [6, 6.07) is 10.5. The largest absolute Gasteiger partial charge is 0.401 e. The van der Waals surface area contributed by atoms with Gasteiger partial charge in [-0.25, -0.2) is 27.6 Å². The molecule has 0 saturated carbocycles. The number of rotatable bonds is 7. The summed E-state index contributed by atoms with van der Waals surface area (Å²) in [5, 5.41) is 9.24. The Bertz CT molecular complexity index is 1220. The van der Waals surface area contributed by atoms with Crippen LogP contribution in [0, 0.1) is 12.7 Å². The van der Waals surface area contributed by atoms with Crippen molar-refractivity contribution in [1.29, 1.82) is 0 Å². The van der Waals surface area contributed by atoms with E-state index in [4.69, 9.17) is 5.14 Å². The number of alkyl halides is 3. The molecule has 0 spiro atoms. The average Bonchev–Trinajstić information content (AvgIpc) is 3.00. The lowest BCUT2D eigenvalue weighted by Gasteiger charge is -2.16. The van der Waals surface area contributed by atoms with E-state index in [1.165, 1.54) is 17.8 Å². The Hall–Kier alpha value is -2.83. The standard InChI is InChI=1S/C20H21F4N5O2S/c1-13-4-3-5-14(8-13)9-19-26-18(11-28(2)12-20(22,23)24)27-29(19)17-7-6-15(10-16(17)21)32(25,30)31/h3-8,10H,9,11-12H2,1-2H3,(H2,25,30,31). The number of hydrogen-bond donors (Lipinski definition) is 1. The summed E-state index contributed by atoms with van der Waals surface area (Å²) in [6.45, 7) is 0.522. The fourth-order valence-electron chi connectivity index (χ4n) is 3.21. The Morgan fingerprint density at radius 2 is 1.88 bits per heavy atom. The molecule has 2 N–H and O–H groups in total. The Morgan fingerprint density at radius 1 is 1.16 bits per heavy atom. The summed E-state index contributed by atoms with van der Waals surface area (Å²) >= 11 is 0. The number of aromatic nitrogens is 3. The number of nitrogens with two attached hydrogens (primary N) is 1. The summed E-state index contributed by atoms with van der Waals surface area (Å²) in [6.07, 6.45) is -4.16. The van der Waals surface area contributed by atoms with Crippen molar-refractivity contribution in [1.82, 2.24) is 19.7 Å². The Morgan fingerprint density at radius 3 is 2.47 bits per heavy atom. The van der Waals surface area contributed by atoms with Crippen LogP contribution >= 0.6 is 0 Å². The highest BCUT2D eigenvalue weighted by Gasteiger charge is 2.30. The van der Waals surface area contributed by atoms with Gasteiger partial charge in [-0.1, -0.05) is 29.8 Å². The highest BCUT2D eigenvalue weighted by atomic mass is 32.2. The normalized spacial score (nSPS) is 12.5. The molecule has 1 heterocycles. The summed E-state index contributed by atoms with van der Waals surface area (Å²) in [4.78, 5) is 4.91. The molecule has 172 valence electrons. The van der Waals surface area contributed by atoms with Gasteiger partial charge >= 0.3 is 6.18 Å². The maximum atomic E-state index is 14.8. The summed E-state index contributed by atoms with van der Waals surface area (Å²) in [7, 11) is -2.84. The lowest BCUT2D eigenvalue weighted by molar-refractivity contribution is -0.144. The molecule has 0 fully saturated rings. The van der Waals surface area contributed by atoms with Crippen LogP contribution in [0.2, 0.25) is 0 Å². The molecule has 0 aliphatic heterocycles. The van der Waals surface area contributed by atoms with E-state index in [0.717, 1.165) is 28.2 Å².